The van der Waals surface area contributed by atoms with Crippen LogP contribution in [0.4, 0.5) is 0 Å². The Hall–Kier alpha value is -0.900. The average Bonchev–Trinajstić information content (AvgIpc) is 2.25. The van der Waals surface area contributed by atoms with E-state index in [1.807, 2.05) is 13.8 Å². The summed E-state index contributed by atoms with van der Waals surface area (Å²) in [4.78, 5) is 21.9. The minimum absolute atomic E-state index is 0.00990. The van der Waals surface area contributed by atoms with E-state index in [1.54, 1.807) is 0 Å². The number of ketones is 1. The first-order valence-corrected chi connectivity index (χ1v) is 5.95. The Kier molecular flexibility index (Phi) is 7.81. The van der Waals surface area contributed by atoms with Gasteiger partial charge in [0.05, 0.1) is 6.10 Å². The summed E-state index contributed by atoms with van der Waals surface area (Å²) in [6, 6.07) is 0. The zero-order valence-electron chi connectivity index (χ0n) is 10.5. The van der Waals surface area contributed by atoms with Crippen LogP contribution >= 0.6 is 0 Å². The number of aliphatic hydroxyl groups is 1. The third kappa shape index (κ3) is 6.56. The van der Waals surface area contributed by atoms with E-state index in [0.29, 0.717) is 0 Å². The summed E-state index contributed by atoms with van der Waals surface area (Å²) in [7, 11) is 0. The minimum Gasteiger partial charge on any atom is -0.391 e. The Balaban J connectivity index is 3.77. The molecule has 1 atom stereocenters. The van der Waals surface area contributed by atoms with Crippen molar-refractivity contribution in [1.82, 2.24) is 5.32 Å². The molecule has 0 aliphatic rings. The van der Waals surface area contributed by atoms with Crippen molar-refractivity contribution in [2.45, 2.75) is 52.6 Å². The first kappa shape index (κ1) is 15.1. The van der Waals surface area contributed by atoms with Crippen LogP contribution in [0.2, 0.25) is 0 Å². The summed E-state index contributed by atoms with van der Waals surface area (Å²) < 4.78 is 0. The molecule has 0 saturated carbocycles. The highest BCUT2D eigenvalue weighted by molar-refractivity contribution is 5.83. The fraction of sp³-hybridized carbons (Fsp3) is 0.833. The lowest BCUT2D eigenvalue weighted by Gasteiger charge is -2.20. The van der Waals surface area contributed by atoms with Gasteiger partial charge in [-0.05, 0) is 12.8 Å². The van der Waals surface area contributed by atoms with E-state index in [2.05, 4.69) is 5.32 Å². The molecule has 0 aromatic heterocycles. The van der Waals surface area contributed by atoms with Crippen LogP contribution in [0, 0.1) is 5.92 Å². The van der Waals surface area contributed by atoms with Crippen LogP contribution in [0.1, 0.15) is 46.5 Å². The van der Waals surface area contributed by atoms with E-state index in [-0.39, 0.29) is 37.0 Å². The number of Topliss-reactive ketones (excluding diaryl/α,β-unsaturated/α-hetero) is 1. The molecule has 0 saturated heterocycles. The van der Waals surface area contributed by atoms with Gasteiger partial charge in [0.15, 0.2) is 0 Å². The van der Waals surface area contributed by atoms with Gasteiger partial charge >= 0.3 is 0 Å². The van der Waals surface area contributed by atoms with Crippen LogP contribution in [0.3, 0.4) is 0 Å². The lowest BCUT2D eigenvalue weighted by Crippen LogP contribution is -2.36. The van der Waals surface area contributed by atoms with Gasteiger partial charge in [-0.3, -0.25) is 4.79 Å². The maximum absolute atomic E-state index is 11.3. The van der Waals surface area contributed by atoms with E-state index < -0.39 is 6.10 Å². The van der Waals surface area contributed by atoms with Crippen molar-refractivity contribution in [2.24, 2.45) is 5.92 Å². The van der Waals surface area contributed by atoms with Crippen molar-refractivity contribution in [3.63, 3.8) is 0 Å². The zero-order chi connectivity index (χ0) is 12.6. The first-order valence-electron chi connectivity index (χ1n) is 5.95. The molecule has 0 heterocycles. The highest BCUT2D eigenvalue weighted by atomic mass is 16.3. The number of rotatable bonds is 8. The lowest BCUT2D eigenvalue weighted by molar-refractivity contribution is -0.125. The van der Waals surface area contributed by atoms with Gasteiger partial charge in [-0.2, -0.15) is 0 Å². The topological polar surface area (TPSA) is 66.4 Å². The number of amides is 1. The maximum atomic E-state index is 11.3. The molecule has 0 aromatic carbocycles. The molecule has 4 nitrogen and oxygen atoms in total. The minimum atomic E-state index is -0.490. The molecule has 2 N–H and O–H groups in total. The Morgan fingerprint density at radius 3 is 2.19 bits per heavy atom. The van der Waals surface area contributed by atoms with Gasteiger partial charge < -0.3 is 15.2 Å². The van der Waals surface area contributed by atoms with Gasteiger partial charge in [0, 0.05) is 19.4 Å². The van der Waals surface area contributed by atoms with Gasteiger partial charge in [0.2, 0.25) is 5.91 Å². The fourth-order valence-electron chi connectivity index (χ4n) is 1.60. The molecule has 0 aliphatic heterocycles. The Morgan fingerprint density at radius 2 is 1.75 bits per heavy atom. The Labute approximate surface area is 97.4 Å². The highest BCUT2D eigenvalue weighted by Gasteiger charge is 2.16. The summed E-state index contributed by atoms with van der Waals surface area (Å²) >= 11 is 0. The molecule has 1 unspecified atom stereocenters. The van der Waals surface area contributed by atoms with Crippen LogP contribution in [0.5, 0.6) is 0 Å². The third-order valence-electron chi connectivity index (χ3n) is 2.81. The molecule has 0 spiro atoms. The predicted octanol–water partition coefficient (Wildman–Crippen LogP) is 1.27. The summed E-state index contributed by atoms with van der Waals surface area (Å²) in [5, 5.41) is 12.4. The smallest absolute Gasteiger partial charge is 0.220 e. The molecule has 94 valence electrons. The van der Waals surface area contributed by atoms with Gasteiger partial charge in [0.1, 0.15) is 5.78 Å². The van der Waals surface area contributed by atoms with E-state index in [0.717, 1.165) is 12.8 Å². The molecule has 0 radical (unpaired) electrons. The monoisotopic (exact) mass is 229 g/mol. The molecule has 4 heteroatoms. The molecule has 0 rings (SSSR count). The van der Waals surface area contributed by atoms with E-state index in [9.17, 15) is 14.7 Å². The Bertz CT molecular complexity index is 224. The van der Waals surface area contributed by atoms with Crippen LogP contribution in [0.15, 0.2) is 0 Å². The molecule has 0 fully saturated rings. The largest absolute Gasteiger partial charge is 0.391 e. The van der Waals surface area contributed by atoms with Crippen molar-refractivity contribution in [2.75, 3.05) is 6.54 Å². The van der Waals surface area contributed by atoms with Crippen LogP contribution in [-0.4, -0.2) is 29.4 Å². The van der Waals surface area contributed by atoms with Crippen molar-refractivity contribution in [3.8, 4) is 0 Å². The van der Waals surface area contributed by atoms with Crippen molar-refractivity contribution in [1.29, 1.82) is 0 Å². The normalized spacial score (nSPS) is 12.6. The molecule has 16 heavy (non-hydrogen) atoms. The summed E-state index contributed by atoms with van der Waals surface area (Å²) in [6.07, 6.45) is 1.80. The third-order valence-corrected chi connectivity index (χ3v) is 2.81. The summed E-state index contributed by atoms with van der Waals surface area (Å²) in [5.74, 6) is 0.0732. The maximum Gasteiger partial charge on any atom is 0.220 e. The van der Waals surface area contributed by atoms with Gasteiger partial charge in [-0.15, -0.1) is 0 Å². The number of carbonyl (C=O) groups excluding carboxylic acids is 2. The van der Waals surface area contributed by atoms with E-state index >= 15 is 0 Å². The summed E-state index contributed by atoms with van der Waals surface area (Å²) in [5.41, 5.74) is 0. The zero-order valence-corrected chi connectivity index (χ0v) is 10.5. The molecule has 0 aliphatic carbocycles. The molecule has 1 amide bonds. The van der Waals surface area contributed by atoms with Crippen LogP contribution in [0.25, 0.3) is 0 Å². The standard InChI is InChI=1S/C12H23NO3/c1-4-10(5-2)11(15)8-13-12(16)7-6-9(3)14/h10-11,15H,4-8H2,1-3H3,(H,13,16). The van der Waals surface area contributed by atoms with Gasteiger partial charge in [-0.1, -0.05) is 26.7 Å². The average molecular weight is 229 g/mol. The molecular weight excluding hydrogens is 206 g/mol. The molecular formula is C12H23NO3. The first-order chi connectivity index (χ1) is 7.51. The second-order valence-electron chi connectivity index (χ2n) is 4.15. The number of hydrogen-bond acceptors (Lipinski definition) is 3. The van der Waals surface area contributed by atoms with Crippen molar-refractivity contribution in [3.05, 3.63) is 0 Å². The number of nitrogens with one attached hydrogen (secondary N) is 1. The van der Waals surface area contributed by atoms with Crippen molar-refractivity contribution < 1.29 is 14.7 Å². The van der Waals surface area contributed by atoms with Gasteiger partial charge in [-0.25, -0.2) is 0 Å². The quantitative estimate of drug-likeness (QED) is 0.658. The number of aliphatic hydroxyl groups excluding tert-OH is 1. The predicted molar refractivity (Wildman–Crippen MR) is 63.0 cm³/mol. The Morgan fingerprint density at radius 1 is 1.19 bits per heavy atom. The second kappa shape index (κ2) is 8.28. The van der Waals surface area contributed by atoms with Crippen LogP contribution in [-0.2, 0) is 9.59 Å². The van der Waals surface area contributed by atoms with Gasteiger partial charge in [0.25, 0.3) is 0 Å². The number of hydrogen-bond donors (Lipinski definition) is 2. The highest BCUT2D eigenvalue weighted by Crippen LogP contribution is 2.12. The molecule has 0 bridgehead atoms. The van der Waals surface area contributed by atoms with E-state index in [1.165, 1.54) is 6.92 Å². The SMILES string of the molecule is CCC(CC)C(O)CNC(=O)CCC(C)=O. The van der Waals surface area contributed by atoms with Crippen LogP contribution < -0.4 is 5.32 Å². The number of carbonyl (C=O) groups is 2. The summed E-state index contributed by atoms with van der Waals surface area (Å²) in [6.45, 7) is 5.79. The molecule has 0 aromatic rings. The second-order valence-corrected chi connectivity index (χ2v) is 4.15. The fourth-order valence-corrected chi connectivity index (χ4v) is 1.60. The lowest BCUT2D eigenvalue weighted by atomic mass is 9.96. The van der Waals surface area contributed by atoms with Crippen molar-refractivity contribution >= 4 is 11.7 Å². The van der Waals surface area contributed by atoms with E-state index in [4.69, 9.17) is 0 Å².